The zero-order valence-corrected chi connectivity index (χ0v) is 14.2. The van der Waals surface area contributed by atoms with Gasteiger partial charge in [-0.3, -0.25) is 9.59 Å². The Bertz CT molecular complexity index is 792. The average molecular weight is 339 g/mol. The summed E-state index contributed by atoms with van der Waals surface area (Å²) >= 11 is 0. The van der Waals surface area contributed by atoms with Crippen LogP contribution in [0.25, 0.3) is 0 Å². The zero-order valence-electron chi connectivity index (χ0n) is 14.2. The molecule has 0 spiro atoms. The molecular formula is C19H21N3O3. The van der Waals surface area contributed by atoms with Crippen molar-refractivity contribution in [2.75, 3.05) is 7.05 Å². The number of aromatic nitrogens is 1. The standard InChI is InChI=1S/C19H21N3O3/c1-11-8-14(11)22-18(24)13-9-15(21-16(10-13)19(25)20-2)17(23)12-6-4-3-5-7-12/h3-7,9-11,14,17,23H,8H2,1-2H3,(H,20,25)(H,22,24)/t11-,14-,17?/m0/s1. The van der Waals surface area contributed by atoms with E-state index < -0.39 is 12.0 Å². The van der Waals surface area contributed by atoms with Crippen molar-refractivity contribution in [2.45, 2.75) is 25.5 Å². The van der Waals surface area contributed by atoms with Gasteiger partial charge in [0.05, 0.1) is 5.69 Å². The van der Waals surface area contributed by atoms with Crippen LogP contribution in [0.15, 0.2) is 42.5 Å². The Labute approximate surface area is 146 Å². The van der Waals surface area contributed by atoms with Gasteiger partial charge in [-0.05, 0) is 30.0 Å². The largest absolute Gasteiger partial charge is 0.382 e. The fraction of sp³-hybridized carbons (Fsp3) is 0.316. The second-order valence-corrected chi connectivity index (χ2v) is 6.35. The number of pyridine rings is 1. The fourth-order valence-corrected chi connectivity index (χ4v) is 2.65. The molecule has 3 rings (SSSR count). The van der Waals surface area contributed by atoms with Crippen molar-refractivity contribution in [3.8, 4) is 0 Å². The van der Waals surface area contributed by atoms with Gasteiger partial charge in [0.2, 0.25) is 0 Å². The van der Waals surface area contributed by atoms with Crippen molar-refractivity contribution < 1.29 is 14.7 Å². The van der Waals surface area contributed by atoms with Crippen LogP contribution in [0, 0.1) is 5.92 Å². The highest BCUT2D eigenvalue weighted by molar-refractivity contribution is 5.98. The first kappa shape index (κ1) is 17.1. The summed E-state index contributed by atoms with van der Waals surface area (Å²) in [7, 11) is 1.50. The van der Waals surface area contributed by atoms with Gasteiger partial charge < -0.3 is 15.7 Å². The van der Waals surface area contributed by atoms with Crippen molar-refractivity contribution in [1.82, 2.24) is 15.6 Å². The van der Waals surface area contributed by atoms with Crippen LogP contribution in [-0.4, -0.2) is 35.0 Å². The van der Waals surface area contributed by atoms with E-state index in [2.05, 4.69) is 22.5 Å². The summed E-state index contributed by atoms with van der Waals surface area (Å²) < 4.78 is 0. The van der Waals surface area contributed by atoms with Crippen molar-refractivity contribution in [3.05, 3.63) is 65.0 Å². The van der Waals surface area contributed by atoms with E-state index in [9.17, 15) is 14.7 Å². The highest BCUT2D eigenvalue weighted by atomic mass is 16.3. The molecule has 0 radical (unpaired) electrons. The molecule has 1 saturated carbocycles. The SMILES string of the molecule is CNC(=O)c1cc(C(=O)N[C@H]2C[C@@H]2C)cc(C(O)c2ccccc2)n1. The Morgan fingerprint density at radius 3 is 2.48 bits per heavy atom. The number of aliphatic hydroxyl groups is 1. The molecule has 1 heterocycles. The van der Waals surface area contributed by atoms with Crippen LogP contribution >= 0.6 is 0 Å². The second kappa shape index (κ2) is 7.03. The lowest BCUT2D eigenvalue weighted by Gasteiger charge is -2.14. The van der Waals surface area contributed by atoms with Crippen molar-refractivity contribution >= 4 is 11.8 Å². The molecule has 1 aliphatic carbocycles. The van der Waals surface area contributed by atoms with Crippen LogP contribution in [-0.2, 0) is 0 Å². The third kappa shape index (κ3) is 3.85. The third-order valence-corrected chi connectivity index (χ3v) is 4.39. The van der Waals surface area contributed by atoms with E-state index in [4.69, 9.17) is 0 Å². The van der Waals surface area contributed by atoms with Crippen molar-refractivity contribution in [1.29, 1.82) is 0 Å². The Hall–Kier alpha value is -2.73. The zero-order chi connectivity index (χ0) is 18.0. The lowest BCUT2D eigenvalue weighted by atomic mass is 10.0. The Kier molecular flexibility index (Phi) is 4.81. The molecule has 3 atom stereocenters. The molecule has 2 aromatic rings. The van der Waals surface area contributed by atoms with Crippen LogP contribution in [0.2, 0.25) is 0 Å². The summed E-state index contributed by atoms with van der Waals surface area (Å²) in [6.07, 6.45) is -0.0595. The lowest BCUT2D eigenvalue weighted by Crippen LogP contribution is -2.28. The first-order valence-corrected chi connectivity index (χ1v) is 8.27. The van der Waals surface area contributed by atoms with Gasteiger partial charge in [0.25, 0.3) is 11.8 Å². The minimum absolute atomic E-state index is 0.101. The van der Waals surface area contributed by atoms with Crippen LogP contribution in [0.5, 0.6) is 0 Å². The summed E-state index contributed by atoms with van der Waals surface area (Å²) in [6.45, 7) is 2.07. The maximum absolute atomic E-state index is 12.5. The molecule has 1 aromatic carbocycles. The molecule has 1 aromatic heterocycles. The molecule has 3 N–H and O–H groups in total. The van der Waals surface area contributed by atoms with Gasteiger partial charge in [-0.2, -0.15) is 0 Å². The summed E-state index contributed by atoms with van der Waals surface area (Å²) in [5, 5.41) is 16.0. The number of hydrogen-bond donors (Lipinski definition) is 3. The molecule has 1 aliphatic rings. The quantitative estimate of drug-likeness (QED) is 0.773. The van der Waals surface area contributed by atoms with Crippen LogP contribution in [0.4, 0.5) is 0 Å². The van der Waals surface area contributed by atoms with Gasteiger partial charge >= 0.3 is 0 Å². The second-order valence-electron chi connectivity index (χ2n) is 6.35. The van der Waals surface area contributed by atoms with E-state index in [-0.39, 0.29) is 23.3 Å². The Morgan fingerprint density at radius 1 is 1.20 bits per heavy atom. The topological polar surface area (TPSA) is 91.3 Å². The number of carbonyl (C=O) groups is 2. The minimum Gasteiger partial charge on any atom is -0.382 e. The molecule has 0 bridgehead atoms. The molecule has 0 aliphatic heterocycles. The number of nitrogens with zero attached hydrogens (tertiary/aromatic N) is 1. The molecular weight excluding hydrogens is 318 g/mol. The molecule has 6 nitrogen and oxygen atoms in total. The summed E-state index contributed by atoms with van der Waals surface area (Å²) in [5.41, 5.74) is 1.33. The van der Waals surface area contributed by atoms with E-state index >= 15 is 0 Å². The van der Waals surface area contributed by atoms with Gasteiger partial charge in [-0.1, -0.05) is 37.3 Å². The first-order chi connectivity index (χ1) is 12.0. The molecule has 1 fully saturated rings. The summed E-state index contributed by atoms with van der Waals surface area (Å²) in [4.78, 5) is 28.7. The monoisotopic (exact) mass is 339 g/mol. The van der Waals surface area contributed by atoms with Crippen LogP contribution < -0.4 is 10.6 Å². The van der Waals surface area contributed by atoms with E-state index in [1.807, 2.05) is 18.2 Å². The molecule has 6 heteroatoms. The van der Waals surface area contributed by atoms with E-state index in [1.54, 1.807) is 12.1 Å². The van der Waals surface area contributed by atoms with E-state index in [0.29, 0.717) is 17.0 Å². The maximum atomic E-state index is 12.5. The third-order valence-electron chi connectivity index (χ3n) is 4.39. The first-order valence-electron chi connectivity index (χ1n) is 8.27. The highest BCUT2D eigenvalue weighted by Crippen LogP contribution is 2.29. The minimum atomic E-state index is -1.02. The summed E-state index contributed by atoms with van der Waals surface area (Å²) in [6, 6.07) is 12.2. The van der Waals surface area contributed by atoms with Crippen molar-refractivity contribution in [3.63, 3.8) is 0 Å². The highest BCUT2D eigenvalue weighted by Gasteiger charge is 2.34. The molecule has 130 valence electrons. The van der Waals surface area contributed by atoms with Gasteiger partial charge in [0.15, 0.2) is 0 Å². The normalized spacial score (nSPS) is 19.8. The predicted octanol–water partition coefficient (Wildman–Crippen LogP) is 1.66. The van der Waals surface area contributed by atoms with Gasteiger partial charge in [0.1, 0.15) is 11.8 Å². The number of nitrogens with one attached hydrogen (secondary N) is 2. The number of amides is 2. The van der Waals surface area contributed by atoms with Gasteiger partial charge in [0, 0.05) is 18.7 Å². The molecule has 0 saturated heterocycles. The van der Waals surface area contributed by atoms with Gasteiger partial charge in [-0.25, -0.2) is 4.98 Å². The number of carbonyl (C=O) groups excluding carboxylic acids is 2. The maximum Gasteiger partial charge on any atom is 0.269 e. The van der Waals surface area contributed by atoms with E-state index in [0.717, 1.165) is 6.42 Å². The van der Waals surface area contributed by atoms with Gasteiger partial charge in [-0.15, -0.1) is 0 Å². The lowest BCUT2D eigenvalue weighted by molar-refractivity contribution is 0.0949. The van der Waals surface area contributed by atoms with E-state index in [1.165, 1.54) is 19.2 Å². The Morgan fingerprint density at radius 2 is 1.88 bits per heavy atom. The fourth-order valence-electron chi connectivity index (χ4n) is 2.65. The predicted molar refractivity (Wildman–Crippen MR) is 93.2 cm³/mol. The molecule has 25 heavy (non-hydrogen) atoms. The Balaban J connectivity index is 1.95. The molecule has 1 unspecified atom stereocenters. The number of hydrogen-bond acceptors (Lipinski definition) is 4. The smallest absolute Gasteiger partial charge is 0.269 e. The number of benzene rings is 1. The summed E-state index contributed by atoms with van der Waals surface area (Å²) in [5.74, 6) is -0.196. The number of aliphatic hydroxyl groups excluding tert-OH is 1. The van der Waals surface area contributed by atoms with Crippen molar-refractivity contribution in [2.24, 2.45) is 5.92 Å². The van der Waals surface area contributed by atoms with Crippen LogP contribution in [0.1, 0.15) is 51.6 Å². The molecule has 2 amide bonds. The van der Waals surface area contributed by atoms with Crippen LogP contribution in [0.3, 0.4) is 0 Å². The number of rotatable bonds is 5. The average Bonchev–Trinajstić information content (AvgIpc) is 3.35.